The molecule has 2 aromatic carbocycles. The Hall–Kier alpha value is -1.12. The smallest absolute Gasteiger partial charge is 0.0577 e. The molecule has 0 radical (unpaired) electrons. The van der Waals surface area contributed by atoms with Crippen molar-refractivity contribution < 1.29 is 0 Å². The Morgan fingerprint density at radius 2 is 1.65 bits per heavy atom. The lowest BCUT2D eigenvalue weighted by Gasteiger charge is -2.20. The van der Waals surface area contributed by atoms with Crippen molar-refractivity contribution in [2.24, 2.45) is 0 Å². The standard InChI is InChI=1S/C18H22BrN/c1-4-14-7-10-15(11-8-14)18(20-5-2)16-9-6-13(3)17(19)12-16/h6-12,18,20H,4-5H2,1-3H3. The molecule has 0 heterocycles. The van der Waals surface area contributed by atoms with E-state index in [2.05, 4.69) is 84.5 Å². The number of rotatable bonds is 5. The second kappa shape index (κ2) is 7.05. The van der Waals surface area contributed by atoms with Crippen molar-refractivity contribution in [3.63, 3.8) is 0 Å². The van der Waals surface area contributed by atoms with Gasteiger partial charge in [0, 0.05) is 4.47 Å². The summed E-state index contributed by atoms with van der Waals surface area (Å²) in [5, 5.41) is 3.58. The quantitative estimate of drug-likeness (QED) is 0.811. The van der Waals surface area contributed by atoms with Crippen LogP contribution in [0.2, 0.25) is 0 Å². The fraction of sp³-hybridized carbons (Fsp3) is 0.333. The molecule has 0 aliphatic heterocycles. The summed E-state index contributed by atoms with van der Waals surface area (Å²) in [6.07, 6.45) is 1.09. The fourth-order valence-electron chi connectivity index (χ4n) is 2.37. The number of benzene rings is 2. The molecule has 106 valence electrons. The lowest BCUT2D eigenvalue weighted by molar-refractivity contribution is 0.630. The van der Waals surface area contributed by atoms with E-state index in [9.17, 15) is 0 Å². The minimum Gasteiger partial charge on any atom is -0.307 e. The van der Waals surface area contributed by atoms with Crippen molar-refractivity contribution >= 4 is 15.9 Å². The molecule has 0 bridgehead atoms. The molecule has 1 unspecified atom stereocenters. The SMILES string of the molecule is CCNC(c1ccc(CC)cc1)c1ccc(C)c(Br)c1. The maximum atomic E-state index is 3.63. The Balaban J connectivity index is 2.35. The summed E-state index contributed by atoms with van der Waals surface area (Å²) in [7, 11) is 0. The molecule has 2 aromatic rings. The molecule has 0 aliphatic rings. The normalized spacial score (nSPS) is 12.4. The van der Waals surface area contributed by atoms with Crippen LogP contribution in [-0.4, -0.2) is 6.54 Å². The summed E-state index contributed by atoms with van der Waals surface area (Å²) >= 11 is 3.63. The van der Waals surface area contributed by atoms with Crippen molar-refractivity contribution in [3.8, 4) is 0 Å². The summed E-state index contributed by atoms with van der Waals surface area (Å²) in [4.78, 5) is 0. The van der Waals surface area contributed by atoms with Gasteiger partial charge in [-0.3, -0.25) is 0 Å². The highest BCUT2D eigenvalue weighted by Gasteiger charge is 2.13. The monoisotopic (exact) mass is 331 g/mol. The first-order chi connectivity index (χ1) is 9.65. The van der Waals surface area contributed by atoms with Crippen LogP contribution >= 0.6 is 15.9 Å². The predicted molar refractivity (Wildman–Crippen MR) is 90.2 cm³/mol. The predicted octanol–water partition coefficient (Wildman–Crippen LogP) is 5.02. The van der Waals surface area contributed by atoms with Gasteiger partial charge in [0.15, 0.2) is 0 Å². The van der Waals surface area contributed by atoms with Gasteiger partial charge in [0.25, 0.3) is 0 Å². The molecule has 0 fully saturated rings. The molecular weight excluding hydrogens is 310 g/mol. The first-order valence-corrected chi connectivity index (χ1v) is 8.03. The van der Waals surface area contributed by atoms with Gasteiger partial charge in [-0.1, -0.05) is 66.2 Å². The molecule has 0 aromatic heterocycles. The van der Waals surface area contributed by atoms with Crippen LogP contribution in [0.4, 0.5) is 0 Å². The van der Waals surface area contributed by atoms with E-state index in [0.717, 1.165) is 13.0 Å². The van der Waals surface area contributed by atoms with E-state index in [-0.39, 0.29) is 6.04 Å². The highest BCUT2D eigenvalue weighted by molar-refractivity contribution is 9.10. The second-order valence-corrected chi connectivity index (χ2v) is 5.95. The summed E-state index contributed by atoms with van der Waals surface area (Å²) in [6, 6.07) is 15.8. The number of hydrogen-bond donors (Lipinski definition) is 1. The van der Waals surface area contributed by atoms with Gasteiger partial charge in [0.05, 0.1) is 6.04 Å². The van der Waals surface area contributed by atoms with Gasteiger partial charge < -0.3 is 5.32 Å². The molecule has 2 rings (SSSR count). The lowest BCUT2D eigenvalue weighted by Crippen LogP contribution is -2.22. The Morgan fingerprint density at radius 1 is 1.00 bits per heavy atom. The van der Waals surface area contributed by atoms with Crippen molar-refractivity contribution in [2.75, 3.05) is 6.54 Å². The van der Waals surface area contributed by atoms with Crippen LogP contribution in [0.15, 0.2) is 46.9 Å². The highest BCUT2D eigenvalue weighted by atomic mass is 79.9. The number of halogens is 1. The zero-order valence-electron chi connectivity index (χ0n) is 12.4. The van der Waals surface area contributed by atoms with Gasteiger partial charge in [-0.05, 0) is 48.2 Å². The largest absolute Gasteiger partial charge is 0.307 e. The topological polar surface area (TPSA) is 12.0 Å². The Morgan fingerprint density at radius 3 is 2.20 bits per heavy atom. The molecule has 20 heavy (non-hydrogen) atoms. The minimum absolute atomic E-state index is 0.253. The van der Waals surface area contributed by atoms with Crippen LogP contribution in [0.25, 0.3) is 0 Å². The lowest BCUT2D eigenvalue weighted by atomic mass is 9.96. The Labute approximate surface area is 130 Å². The summed E-state index contributed by atoms with van der Waals surface area (Å²) in [5.41, 5.74) is 5.27. The van der Waals surface area contributed by atoms with E-state index in [1.807, 2.05) is 0 Å². The average molecular weight is 332 g/mol. The van der Waals surface area contributed by atoms with Gasteiger partial charge in [0.1, 0.15) is 0 Å². The zero-order chi connectivity index (χ0) is 14.5. The molecule has 0 aliphatic carbocycles. The van der Waals surface area contributed by atoms with Crippen LogP contribution in [0.3, 0.4) is 0 Å². The second-order valence-electron chi connectivity index (χ2n) is 5.09. The van der Waals surface area contributed by atoms with Gasteiger partial charge in [-0.25, -0.2) is 0 Å². The van der Waals surface area contributed by atoms with E-state index < -0.39 is 0 Å². The first kappa shape index (κ1) is 15.3. The maximum Gasteiger partial charge on any atom is 0.0577 e. The minimum atomic E-state index is 0.253. The van der Waals surface area contributed by atoms with Gasteiger partial charge in [0.2, 0.25) is 0 Å². The molecule has 2 heteroatoms. The molecule has 0 saturated carbocycles. The summed E-state index contributed by atoms with van der Waals surface area (Å²) in [6.45, 7) is 7.41. The number of nitrogens with one attached hydrogen (secondary N) is 1. The van der Waals surface area contributed by atoms with Crippen LogP contribution < -0.4 is 5.32 Å². The van der Waals surface area contributed by atoms with Crippen LogP contribution in [-0.2, 0) is 6.42 Å². The fourth-order valence-corrected chi connectivity index (χ4v) is 2.76. The summed E-state index contributed by atoms with van der Waals surface area (Å²) < 4.78 is 1.17. The van der Waals surface area contributed by atoms with E-state index in [0.29, 0.717) is 0 Å². The molecule has 1 nitrogen and oxygen atoms in total. The van der Waals surface area contributed by atoms with Crippen molar-refractivity contribution in [1.82, 2.24) is 5.32 Å². The first-order valence-electron chi connectivity index (χ1n) is 7.24. The van der Waals surface area contributed by atoms with Gasteiger partial charge >= 0.3 is 0 Å². The van der Waals surface area contributed by atoms with Gasteiger partial charge in [-0.15, -0.1) is 0 Å². The van der Waals surface area contributed by atoms with Gasteiger partial charge in [-0.2, -0.15) is 0 Å². The highest BCUT2D eigenvalue weighted by Crippen LogP contribution is 2.26. The molecule has 0 spiro atoms. The third-order valence-electron chi connectivity index (χ3n) is 3.66. The zero-order valence-corrected chi connectivity index (χ0v) is 14.0. The maximum absolute atomic E-state index is 3.63. The molecule has 1 N–H and O–H groups in total. The Bertz CT molecular complexity index is 560. The summed E-state index contributed by atoms with van der Waals surface area (Å²) in [5.74, 6) is 0. The van der Waals surface area contributed by atoms with Crippen molar-refractivity contribution in [1.29, 1.82) is 0 Å². The van der Waals surface area contributed by atoms with Crippen molar-refractivity contribution in [2.45, 2.75) is 33.2 Å². The molecule has 0 amide bonds. The third-order valence-corrected chi connectivity index (χ3v) is 4.51. The van der Waals surface area contributed by atoms with Crippen LogP contribution in [0, 0.1) is 6.92 Å². The van der Waals surface area contributed by atoms with E-state index >= 15 is 0 Å². The average Bonchev–Trinajstić information content (AvgIpc) is 2.48. The number of hydrogen-bond acceptors (Lipinski definition) is 1. The van der Waals surface area contributed by atoms with Crippen molar-refractivity contribution in [3.05, 3.63) is 69.2 Å². The van der Waals surface area contributed by atoms with Crippen LogP contribution in [0.5, 0.6) is 0 Å². The van der Waals surface area contributed by atoms with E-state index in [1.54, 1.807) is 0 Å². The molecule has 1 atom stereocenters. The molecule has 0 saturated heterocycles. The third kappa shape index (κ3) is 3.50. The van der Waals surface area contributed by atoms with Crippen LogP contribution in [0.1, 0.15) is 42.1 Å². The number of aryl methyl sites for hydroxylation is 2. The Kier molecular flexibility index (Phi) is 5.38. The van der Waals surface area contributed by atoms with E-state index in [1.165, 1.54) is 26.7 Å². The molecular formula is C18H22BrN. The van der Waals surface area contributed by atoms with E-state index in [4.69, 9.17) is 0 Å².